The van der Waals surface area contributed by atoms with Crippen molar-refractivity contribution in [2.24, 2.45) is 5.73 Å². The smallest absolute Gasteiger partial charge is 0.148 e. The van der Waals surface area contributed by atoms with Crippen LogP contribution in [0.25, 0.3) is 0 Å². The lowest BCUT2D eigenvalue weighted by Crippen LogP contribution is -2.24. The summed E-state index contributed by atoms with van der Waals surface area (Å²) in [6.45, 7) is -0.00731. The number of aliphatic hydroxyl groups is 1. The van der Waals surface area contributed by atoms with E-state index in [2.05, 4.69) is 0 Å². The van der Waals surface area contributed by atoms with Crippen molar-refractivity contribution in [3.05, 3.63) is 0 Å². The molecule has 0 aliphatic heterocycles. The third-order valence-corrected chi connectivity index (χ3v) is 3.69. The van der Waals surface area contributed by atoms with Gasteiger partial charge >= 0.3 is 0 Å². The Morgan fingerprint density at radius 2 is 2.08 bits per heavy atom. The van der Waals surface area contributed by atoms with E-state index >= 15 is 0 Å². The lowest BCUT2D eigenvalue weighted by molar-refractivity contribution is 0.264. The highest BCUT2D eigenvalue weighted by Gasteiger charge is 2.03. The van der Waals surface area contributed by atoms with Crippen molar-refractivity contribution in [1.82, 2.24) is 0 Å². The van der Waals surface area contributed by atoms with Crippen LogP contribution in [0, 0.1) is 0 Å². The summed E-state index contributed by atoms with van der Waals surface area (Å²) in [5.41, 5.74) is 5.46. The Morgan fingerprint density at radius 1 is 1.46 bits per heavy atom. The predicted octanol–water partition coefficient (Wildman–Crippen LogP) is -0.526. The Kier molecular flexibility index (Phi) is 6.75. The van der Waals surface area contributed by atoms with Crippen molar-refractivity contribution in [2.45, 2.75) is 12.5 Å². The summed E-state index contributed by atoms with van der Waals surface area (Å²) >= 11 is 1.55. The second kappa shape index (κ2) is 6.64. The number of nitrogens with two attached hydrogens (primary N) is 1. The van der Waals surface area contributed by atoms with Crippen molar-refractivity contribution >= 4 is 21.6 Å². The van der Waals surface area contributed by atoms with Crippen molar-refractivity contribution < 1.29 is 13.5 Å². The monoisotopic (exact) mass is 227 g/mol. The van der Waals surface area contributed by atoms with E-state index < -0.39 is 9.84 Å². The van der Waals surface area contributed by atoms with Gasteiger partial charge in [0.15, 0.2) is 0 Å². The Balaban J connectivity index is 3.27. The lowest BCUT2D eigenvalue weighted by atomic mass is 10.3. The van der Waals surface area contributed by atoms with Gasteiger partial charge in [0.1, 0.15) is 9.84 Å². The van der Waals surface area contributed by atoms with Crippen LogP contribution in [0.15, 0.2) is 0 Å². The maximum atomic E-state index is 10.7. The maximum Gasteiger partial charge on any atom is 0.148 e. The molecule has 0 rings (SSSR count). The largest absolute Gasteiger partial charge is 0.395 e. The normalized spacial score (nSPS) is 14.4. The first-order valence-electron chi connectivity index (χ1n) is 4.07. The molecule has 0 amide bonds. The van der Waals surface area contributed by atoms with Crippen LogP contribution >= 0.6 is 11.8 Å². The highest BCUT2D eigenvalue weighted by molar-refractivity contribution is 8.00. The van der Waals surface area contributed by atoms with Crippen LogP contribution in [0.1, 0.15) is 6.42 Å². The van der Waals surface area contributed by atoms with Crippen LogP contribution in [0.5, 0.6) is 0 Å². The van der Waals surface area contributed by atoms with Gasteiger partial charge in [0.05, 0.1) is 12.4 Å². The molecule has 6 heteroatoms. The van der Waals surface area contributed by atoms with Crippen molar-refractivity contribution in [1.29, 1.82) is 0 Å². The number of rotatable bonds is 7. The van der Waals surface area contributed by atoms with Crippen LogP contribution in [0.4, 0.5) is 0 Å². The number of aliphatic hydroxyl groups excluding tert-OH is 1. The van der Waals surface area contributed by atoms with Gasteiger partial charge in [-0.15, -0.1) is 0 Å². The summed E-state index contributed by atoms with van der Waals surface area (Å²) in [6, 6.07) is -0.175. The average Bonchev–Trinajstić information content (AvgIpc) is 2.01. The minimum absolute atomic E-state index is 0.00731. The third kappa shape index (κ3) is 10.1. The molecule has 80 valence electrons. The van der Waals surface area contributed by atoms with Crippen molar-refractivity contribution in [3.8, 4) is 0 Å². The van der Waals surface area contributed by atoms with Crippen LogP contribution in [0.3, 0.4) is 0 Å². The van der Waals surface area contributed by atoms with Gasteiger partial charge in [-0.25, -0.2) is 8.42 Å². The van der Waals surface area contributed by atoms with E-state index in [4.69, 9.17) is 10.8 Å². The van der Waals surface area contributed by atoms with Gasteiger partial charge in [0.2, 0.25) is 0 Å². The molecular weight excluding hydrogens is 210 g/mol. The molecular formula is C7H17NO3S2. The zero-order valence-corrected chi connectivity index (χ0v) is 9.40. The summed E-state index contributed by atoms with van der Waals surface area (Å²) in [5.74, 6) is 1.63. The van der Waals surface area contributed by atoms with Gasteiger partial charge in [-0.3, -0.25) is 0 Å². The number of hydrogen-bond acceptors (Lipinski definition) is 5. The second-order valence-corrected chi connectivity index (χ2v) is 6.46. The highest BCUT2D eigenvalue weighted by Crippen LogP contribution is 2.04. The molecule has 0 aliphatic carbocycles. The summed E-state index contributed by atoms with van der Waals surface area (Å²) in [5, 5.41) is 8.59. The zero-order valence-electron chi connectivity index (χ0n) is 7.77. The molecule has 1 atom stereocenters. The topological polar surface area (TPSA) is 80.4 Å². The van der Waals surface area contributed by atoms with Gasteiger partial charge in [0, 0.05) is 18.1 Å². The Hall–Kier alpha value is 0.220. The van der Waals surface area contributed by atoms with Gasteiger partial charge < -0.3 is 10.8 Å². The van der Waals surface area contributed by atoms with E-state index in [1.54, 1.807) is 11.8 Å². The maximum absolute atomic E-state index is 10.7. The van der Waals surface area contributed by atoms with E-state index in [0.29, 0.717) is 5.75 Å². The fourth-order valence-electron chi connectivity index (χ4n) is 0.638. The number of sulfone groups is 1. The summed E-state index contributed by atoms with van der Waals surface area (Å²) in [6.07, 6.45) is 1.96. The van der Waals surface area contributed by atoms with E-state index in [-0.39, 0.29) is 18.4 Å². The van der Waals surface area contributed by atoms with Gasteiger partial charge in [-0.05, 0) is 12.2 Å². The molecule has 0 heterocycles. The summed E-state index contributed by atoms with van der Waals surface area (Å²) < 4.78 is 21.4. The molecule has 0 spiro atoms. The third-order valence-electron chi connectivity index (χ3n) is 1.47. The molecule has 0 saturated heterocycles. The highest BCUT2D eigenvalue weighted by atomic mass is 32.2. The molecule has 0 aromatic carbocycles. The van der Waals surface area contributed by atoms with E-state index in [9.17, 15) is 8.42 Å². The van der Waals surface area contributed by atoms with Gasteiger partial charge in [-0.1, -0.05) is 0 Å². The lowest BCUT2D eigenvalue weighted by Gasteiger charge is -2.06. The molecule has 13 heavy (non-hydrogen) atoms. The summed E-state index contributed by atoms with van der Waals surface area (Å²) in [7, 11) is -2.83. The molecule has 0 fully saturated rings. The first kappa shape index (κ1) is 13.2. The van der Waals surface area contributed by atoms with Gasteiger partial charge in [0.25, 0.3) is 0 Å². The number of hydrogen-bond donors (Lipinski definition) is 2. The van der Waals surface area contributed by atoms with Crippen molar-refractivity contribution in [2.75, 3.05) is 30.1 Å². The SMILES string of the molecule is CS(=O)(=O)CCSCCC(N)CO. The predicted molar refractivity (Wildman–Crippen MR) is 56.7 cm³/mol. The minimum atomic E-state index is -2.83. The van der Waals surface area contributed by atoms with E-state index in [0.717, 1.165) is 12.2 Å². The molecule has 0 bridgehead atoms. The molecule has 0 aromatic heterocycles. The Bertz CT molecular complexity index is 216. The van der Waals surface area contributed by atoms with E-state index in [1.807, 2.05) is 0 Å². The van der Waals surface area contributed by atoms with Crippen molar-refractivity contribution in [3.63, 3.8) is 0 Å². The molecule has 4 nitrogen and oxygen atoms in total. The molecule has 0 radical (unpaired) electrons. The molecule has 0 saturated carbocycles. The first-order valence-corrected chi connectivity index (χ1v) is 7.29. The fourth-order valence-corrected chi connectivity index (χ4v) is 2.99. The molecule has 3 N–H and O–H groups in total. The average molecular weight is 227 g/mol. The minimum Gasteiger partial charge on any atom is -0.395 e. The molecule has 1 unspecified atom stereocenters. The standard InChI is InChI=1S/C7H17NO3S2/c1-13(10,11)5-4-12-3-2-7(8)6-9/h7,9H,2-6,8H2,1H3. The molecule has 0 aliphatic rings. The Labute approximate surface area is 83.8 Å². The fraction of sp³-hybridized carbons (Fsp3) is 1.00. The zero-order chi connectivity index (χ0) is 10.3. The second-order valence-electron chi connectivity index (χ2n) is 2.97. The van der Waals surface area contributed by atoms with Crippen LogP contribution in [-0.4, -0.2) is 49.7 Å². The number of thioether (sulfide) groups is 1. The Morgan fingerprint density at radius 3 is 2.54 bits per heavy atom. The van der Waals surface area contributed by atoms with Crippen LogP contribution < -0.4 is 5.73 Å². The summed E-state index contributed by atoms with van der Waals surface area (Å²) in [4.78, 5) is 0. The quantitative estimate of drug-likeness (QED) is 0.572. The van der Waals surface area contributed by atoms with Crippen LogP contribution in [-0.2, 0) is 9.84 Å². The molecule has 0 aromatic rings. The van der Waals surface area contributed by atoms with Crippen LogP contribution in [0.2, 0.25) is 0 Å². The van der Waals surface area contributed by atoms with Gasteiger partial charge in [-0.2, -0.15) is 11.8 Å². The first-order chi connectivity index (χ1) is 5.95. The van der Waals surface area contributed by atoms with E-state index in [1.165, 1.54) is 6.26 Å².